The van der Waals surface area contributed by atoms with Crippen LogP contribution in [0, 0.1) is 0 Å². The molecular weight excluding hydrogens is 242 g/mol. The first-order valence-electron chi connectivity index (χ1n) is 6.63. The predicted molar refractivity (Wildman–Crippen MR) is 76.0 cm³/mol. The van der Waals surface area contributed by atoms with E-state index in [1.165, 1.54) is 0 Å². The Kier molecular flexibility index (Phi) is 6.45. The summed E-state index contributed by atoms with van der Waals surface area (Å²) >= 11 is 0. The van der Waals surface area contributed by atoms with E-state index in [9.17, 15) is 10.2 Å². The summed E-state index contributed by atoms with van der Waals surface area (Å²) in [6.07, 6.45) is -0.586. The zero-order valence-electron chi connectivity index (χ0n) is 12.0. The van der Waals surface area contributed by atoms with Gasteiger partial charge in [-0.25, -0.2) is 0 Å². The third-order valence-electron chi connectivity index (χ3n) is 2.69. The molecule has 0 aromatic heterocycles. The lowest BCUT2D eigenvalue weighted by molar-refractivity contribution is -0.0486. The lowest BCUT2D eigenvalue weighted by Gasteiger charge is -2.23. The van der Waals surface area contributed by atoms with E-state index in [2.05, 4.69) is 5.32 Å². The molecule has 1 aromatic rings. The molecule has 0 spiro atoms. The van der Waals surface area contributed by atoms with Crippen LogP contribution in [-0.2, 0) is 4.74 Å². The average molecular weight is 267 g/mol. The molecule has 3 N–H and O–H groups in total. The van der Waals surface area contributed by atoms with Gasteiger partial charge in [0, 0.05) is 6.54 Å². The van der Waals surface area contributed by atoms with Crippen molar-refractivity contribution in [2.75, 3.05) is 19.8 Å². The van der Waals surface area contributed by atoms with Crippen LogP contribution in [-0.4, -0.2) is 41.7 Å². The number of hydrogen-bond donors (Lipinski definition) is 3. The molecule has 2 unspecified atom stereocenters. The fraction of sp³-hybridized carbons (Fsp3) is 0.600. The van der Waals surface area contributed by atoms with Gasteiger partial charge in [-0.3, -0.25) is 0 Å². The lowest BCUT2D eigenvalue weighted by atomic mass is 10.1. The molecule has 0 amide bonds. The van der Waals surface area contributed by atoms with Crippen molar-refractivity contribution in [1.82, 2.24) is 5.32 Å². The second-order valence-corrected chi connectivity index (χ2v) is 5.63. The predicted octanol–water partition coefficient (Wildman–Crippen LogP) is 1.49. The summed E-state index contributed by atoms with van der Waals surface area (Å²) in [4.78, 5) is 0. The van der Waals surface area contributed by atoms with Crippen LogP contribution in [0.3, 0.4) is 0 Å². The molecule has 0 aliphatic rings. The molecular formula is C15H25NO3. The van der Waals surface area contributed by atoms with Crippen molar-refractivity contribution in [1.29, 1.82) is 0 Å². The van der Waals surface area contributed by atoms with Crippen LogP contribution >= 0.6 is 0 Å². The van der Waals surface area contributed by atoms with Crippen LogP contribution in [0.5, 0.6) is 0 Å². The lowest BCUT2D eigenvalue weighted by Crippen LogP contribution is -2.36. The maximum atomic E-state index is 9.83. The normalized spacial score (nSPS) is 15.2. The summed E-state index contributed by atoms with van der Waals surface area (Å²) in [5.74, 6) is 0. The Balaban J connectivity index is 2.37. The summed E-state index contributed by atoms with van der Waals surface area (Å²) in [5, 5.41) is 22.4. The molecule has 108 valence electrons. The van der Waals surface area contributed by atoms with E-state index in [0.29, 0.717) is 6.54 Å². The number of rotatable bonds is 7. The molecule has 1 aromatic carbocycles. The highest BCUT2D eigenvalue weighted by Crippen LogP contribution is 2.12. The Bertz CT molecular complexity index is 348. The molecule has 0 saturated heterocycles. The number of nitrogens with one attached hydrogen (secondary N) is 1. The quantitative estimate of drug-likeness (QED) is 0.700. The number of aliphatic hydroxyl groups is 2. The van der Waals surface area contributed by atoms with Crippen molar-refractivity contribution >= 4 is 0 Å². The highest BCUT2D eigenvalue weighted by atomic mass is 16.5. The van der Waals surface area contributed by atoms with Gasteiger partial charge in [0.15, 0.2) is 0 Å². The summed E-state index contributed by atoms with van der Waals surface area (Å²) < 4.78 is 5.51. The van der Waals surface area contributed by atoms with Crippen molar-refractivity contribution in [2.45, 2.75) is 38.5 Å². The molecule has 4 nitrogen and oxygen atoms in total. The van der Waals surface area contributed by atoms with Crippen LogP contribution < -0.4 is 5.32 Å². The first-order chi connectivity index (χ1) is 8.92. The third-order valence-corrected chi connectivity index (χ3v) is 2.69. The number of ether oxygens (including phenoxy) is 1. The van der Waals surface area contributed by atoms with E-state index in [0.717, 1.165) is 5.56 Å². The van der Waals surface area contributed by atoms with Crippen LogP contribution in [0.25, 0.3) is 0 Å². The highest BCUT2D eigenvalue weighted by molar-refractivity contribution is 5.18. The smallest absolute Gasteiger partial charge is 0.0898 e. The second-order valence-electron chi connectivity index (χ2n) is 5.63. The van der Waals surface area contributed by atoms with Gasteiger partial charge in [0.05, 0.1) is 31.0 Å². The van der Waals surface area contributed by atoms with E-state index >= 15 is 0 Å². The van der Waals surface area contributed by atoms with Crippen molar-refractivity contribution < 1.29 is 14.9 Å². The van der Waals surface area contributed by atoms with Crippen molar-refractivity contribution in [3.63, 3.8) is 0 Å². The summed E-state index contributed by atoms with van der Waals surface area (Å²) in [7, 11) is 0. The number of benzene rings is 1. The zero-order chi connectivity index (χ0) is 14.3. The van der Waals surface area contributed by atoms with Crippen molar-refractivity contribution in [3.8, 4) is 0 Å². The Morgan fingerprint density at radius 2 is 1.84 bits per heavy atom. The molecule has 0 heterocycles. The van der Waals surface area contributed by atoms with Gasteiger partial charge in [0.1, 0.15) is 0 Å². The summed E-state index contributed by atoms with van der Waals surface area (Å²) in [5.41, 5.74) is 0.755. The Morgan fingerprint density at radius 1 is 1.21 bits per heavy atom. The second kappa shape index (κ2) is 7.60. The molecule has 2 atom stereocenters. The number of hydrogen-bond acceptors (Lipinski definition) is 4. The third kappa shape index (κ3) is 6.68. The van der Waals surface area contributed by atoms with Gasteiger partial charge in [-0.15, -0.1) is 0 Å². The molecule has 0 radical (unpaired) electrons. The SMILES string of the molecule is CC(C)(C)OCC(O)CNC(CO)c1ccccc1. The highest BCUT2D eigenvalue weighted by Gasteiger charge is 2.15. The van der Waals surface area contributed by atoms with Gasteiger partial charge < -0.3 is 20.3 Å². The van der Waals surface area contributed by atoms with Gasteiger partial charge in [-0.2, -0.15) is 0 Å². The molecule has 19 heavy (non-hydrogen) atoms. The van der Waals surface area contributed by atoms with E-state index < -0.39 is 6.10 Å². The van der Waals surface area contributed by atoms with Gasteiger partial charge >= 0.3 is 0 Å². The maximum absolute atomic E-state index is 9.83. The minimum Gasteiger partial charge on any atom is -0.394 e. The molecule has 0 bridgehead atoms. The van der Waals surface area contributed by atoms with Crippen molar-refractivity contribution in [2.24, 2.45) is 0 Å². The molecule has 0 aliphatic carbocycles. The Labute approximate surface area is 115 Å². The van der Waals surface area contributed by atoms with Gasteiger partial charge in [-0.05, 0) is 26.3 Å². The Hall–Kier alpha value is -0.940. The monoisotopic (exact) mass is 267 g/mol. The van der Waals surface area contributed by atoms with Gasteiger partial charge in [0.25, 0.3) is 0 Å². The molecule has 4 heteroatoms. The minimum absolute atomic E-state index is 0.00311. The van der Waals surface area contributed by atoms with E-state index in [4.69, 9.17) is 4.74 Å². The fourth-order valence-electron chi connectivity index (χ4n) is 1.66. The largest absolute Gasteiger partial charge is 0.394 e. The first-order valence-corrected chi connectivity index (χ1v) is 6.63. The standard InChI is InChI=1S/C15H25NO3/c1-15(2,3)19-11-13(18)9-16-14(10-17)12-7-5-4-6-8-12/h4-8,13-14,16-18H,9-11H2,1-3H3. The maximum Gasteiger partial charge on any atom is 0.0898 e. The fourth-order valence-corrected chi connectivity index (χ4v) is 1.66. The molecule has 1 rings (SSSR count). The van der Waals surface area contributed by atoms with Gasteiger partial charge in [-0.1, -0.05) is 30.3 Å². The Morgan fingerprint density at radius 3 is 2.37 bits per heavy atom. The summed E-state index contributed by atoms with van der Waals surface area (Å²) in [6.45, 7) is 6.52. The zero-order valence-corrected chi connectivity index (χ0v) is 12.0. The average Bonchev–Trinajstić information content (AvgIpc) is 2.37. The molecule has 0 aliphatic heterocycles. The van der Waals surface area contributed by atoms with Crippen molar-refractivity contribution in [3.05, 3.63) is 35.9 Å². The number of aliphatic hydroxyl groups excluding tert-OH is 2. The topological polar surface area (TPSA) is 61.7 Å². The summed E-state index contributed by atoms with van der Waals surface area (Å²) in [6, 6.07) is 9.53. The molecule has 0 fully saturated rings. The van der Waals surface area contributed by atoms with Crippen LogP contribution in [0.1, 0.15) is 32.4 Å². The van der Waals surface area contributed by atoms with Gasteiger partial charge in [0.2, 0.25) is 0 Å². The van der Waals surface area contributed by atoms with Crippen LogP contribution in [0.4, 0.5) is 0 Å². The first kappa shape index (κ1) is 16.1. The van der Waals surface area contributed by atoms with Crippen LogP contribution in [0.2, 0.25) is 0 Å². The molecule has 0 saturated carbocycles. The van der Waals surface area contributed by atoms with Crippen LogP contribution in [0.15, 0.2) is 30.3 Å². The van der Waals surface area contributed by atoms with E-state index in [1.807, 2.05) is 51.1 Å². The van der Waals surface area contributed by atoms with E-state index in [-0.39, 0.29) is 24.9 Å². The van der Waals surface area contributed by atoms with E-state index in [1.54, 1.807) is 0 Å². The minimum atomic E-state index is -0.586.